The van der Waals surface area contributed by atoms with Gasteiger partial charge in [-0.3, -0.25) is 4.99 Å². The van der Waals surface area contributed by atoms with Crippen LogP contribution in [-0.2, 0) is 0 Å². The van der Waals surface area contributed by atoms with Crippen molar-refractivity contribution in [2.75, 3.05) is 0 Å². The molecule has 0 bridgehead atoms. The van der Waals surface area contributed by atoms with Crippen LogP contribution in [0.25, 0.3) is 0 Å². The fourth-order valence-electron chi connectivity index (χ4n) is 1.75. The van der Waals surface area contributed by atoms with Crippen molar-refractivity contribution in [3.63, 3.8) is 0 Å². The van der Waals surface area contributed by atoms with Crippen LogP contribution < -0.4 is 0 Å². The third-order valence-corrected chi connectivity index (χ3v) is 2.71. The zero-order valence-corrected chi connectivity index (χ0v) is 8.38. The number of rotatable bonds is 2. The summed E-state index contributed by atoms with van der Waals surface area (Å²) in [5.41, 5.74) is 2.26. The molecule has 1 aromatic carbocycles. The Morgan fingerprint density at radius 1 is 1.46 bits per heavy atom. The van der Waals surface area contributed by atoms with Gasteiger partial charge in [0.2, 0.25) is 0 Å². The molecular formula is C11H12ClN. The number of halogens is 1. The normalized spacial score (nSPS) is 19.1. The zero-order chi connectivity index (χ0) is 9.26. The van der Waals surface area contributed by atoms with Gasteiger partial charge in [0.15, 0.2) is 0 Å². The number of aliphatic imine (C=N–C) groups is 1. The molecule has 0 saturated heterocycles. The minimum atomic E-state index is 0.485. The molecule has 0 saturated carbocycles. The summed E-state index contributed by atoms with van der Waals surface area (Å²) in [5.74, 6) is 0.485. The van der Waals surface area contributed by atoms with Crippen LogP contribution in [0, 0.1) is 0 Å². The van der Waals surface area contributed by atoms with Crippen LogP contribution in [0.1, 0.15) is 31.2 Å². The largest absolute Gasteiger partial charge is 0.259 e. The van der Waals surface area contributed by atoms with E-state index in [4.69, 9.17) is 11.6 Å². The van der Waals surface area contributed by atoms with Crippen LogP contribution in [0.2, 0.25) is 5.02 Å². The van der Waals surface area contributed by atoms with Gasteiger partial charge in [-0.05, 0) is 18.1 Å². The number of nitrogens with zero attached hydrogens (tertiary/aromatic N) is 1. The quantitative estimate of drug-likeness (QED) is 0.675. The molecule has 0 spiro atoms. The third-order valence-electron chi connectivity index (χ3n) is 2.40. The monoisotopic (exact) mass is 193 g/mol. The summed E-state index contributed by atoms with van der Waals surface area (Å²) in [6, 6.07) is 6.01. The van der Waals surface area contributed by atoms with E-state index in [1.54, 1.807) is 0 Å². The van der Waals surface area contributed by atoms with Crippen molar-refractivity contribution in [2.24, 2.45) is 4.99 Å². The Bertz CT molecular complexity index is 344. The molecule has 1 aliphatic rings. The van der Waals surface area contributed by atoms with Crippen LogP contribution in [-0.4, -0.2) is 6.21 Å². The van der Waals surface area contributed by atoms with Crippen LogP contribution in [0.4, 0.5) is 5.69 Å². The van der Waals surface area contributed by atoms with Crippen molar-refractivity contribution in [1.82, 2.24) is 0 Å². The second-order valence-electron chi connectivity index (χ2n) is 3.35. The first-order chi connectivity index (χ1) is 6.33. The van der Waals surface area contributed by atoms with Gasteiger partial charge in [0.25, 0.3) is 0 Å². The van der Waals surface area contributed by atoms with E-state index >= 15 is 0 Å². The molecule has 1 atom stereocenters. The summed E-state index contributed by atoms with van der Waals surface area (Å²) >= 11 is 6.02. The fourth-order valence-corrected chi connectivity index (χ4v) is 1.98. The molecular weight excluding hydrogens is 182 g/mol. The van der Waals surface area contributed by atoms with Crippen molar-refractivity contribution in [3.8, 4) is 0 Å². The lowest BCUT2D eigenvalue weighted by Gasteiger charge is -2.07. The van der Waals surface area contributed by atoms with Gasteiger partial charge in [-0.1, -0.05) is 37.1 Å². The smallest absolute Gasteiger partial charge is 0.0850 e. The first-order valence-corrected chi connectivity index (χ1v) is 5.03. The highest BCUT2D eigenvalue weighted by atomic mass is 35.5. The Morgan fingerprint density at radius 3 is 3.08 bits per heavy atom. The van der Waals surface area contributed by atoms with Crippen LogP contribution in [0.5, 0.6) is 0 Å². The maximum Gasteiger partial charge on any atom is 0.0850 e. The summed E-state index contributed by atoms with van der Waals surface area (Å²) in [6.07, 6.45) is 4.36. The molecule has 68 valence electrons. The number of hydrogen-bond donors (Lipinski definition) is 0. The number of fused-ring (bicyclic) bond motifs is 1. The minimum absolute atomic E-state index is 0.485. The van der Waals surface area contributed by atoms with Crippen molar-refractivity contribution in [1.29, 1.82) is 0 Å². The lowest BCUT2D eigenvalue weighted by Crippen LogP contribution is -1.94. The average Bonchev–Trinajstić information content (AvgIpc) is 2.51. The van der Waals surface area contributed by atoms with Crippen molar-refractivity contribution in [3.05, 3.63) is 28.8 Å². The van der Waals surface area contributed by atoms with Gasteiger partial charge in [-0.2, -0.15) is 0 Å². The molecule has 2 rings (SSSR count). The van der Waals surface area contributed by atoms with Crippen LogP contribution in [0.3, 0.4) is 0 Å². The molecule has 1 aliphatic heterocycles. The highest BCUT2D eigenvalue weighted by Gasteiger charge is 2.19. The minimum Gasteiger partial charge on any atom is -0.259 e. The van der Waals surface area contributed by atoms with E-state index in [9.17, 15) is 0 Å². The van der Waals surface area contributed by atoms with Gasteiger partial charge in [-0.15, -0.1) is 0 Å². The van der Waals surface area contributed by atoms with E-state index in [2.05, 4.69) is 18.0 Å². The Hall–Kier alpha value is -0.820. The van der Waals surface area contributed by atoms with E-state index in [0.717, 1.165) is 17.1 Å². The maximum atomic E-state index is 6.02. The summed E-state index contributed by atoms with van der Waals surface area (Å²) in [5, 5.41) is 0.771. The van der Waals surface area contributed by atoms with Crippen LogP contribution in [0.15, 0.2) is 23.2 Å². The van der Waals surface area contributed by atoms with E-state index < -0.39 is 0 Å². The van der Waals surface area contributed by atoms with Crippen molar-refractivity contribution in [2.45, 2.75) is 25.7 Å². The standard InChI is InChI=1S/C11H12ClN/c1-2-4-8-7-13-11-9(8)5-3-6-10(11)12/h3,5-8H,2,4H2,1H3. The molecule has 0 aromatic heterocycles. The summed E-state index contributed by atoms with van der Waals surface area (Å²) in [7, 11) is 0. The predicted molar refractivity (Wildman–Crippen MR) is 57.3 cm³/mol. The molecule has 2 heteroatoms. The van der Waals surface area contributed by atoms with Crippen LogP contribution >= 0.6 is 11.6 Å². The van der Waals surface area contributed by atoms with Gasteiger partial charge in [0.1, 0.15) is 0 Å². The van der Waals surface area contributed by atoms with Gasteiger partial charge in [0, 0.05) is 12.1 Å². The summed E-state index contributed by atoms with van der Waals surface area (Å²) in [4.78, 5) is 4.34. The number of benzene rings is 1. The maximum absolute atomic E-state index is 6.02. The molecule has 13 heavy (non-hydrogen) atoms. The number of hydrogen-bond acceptors (Lipinski definition) is 1. The lowest BCUT2D eigenvalue weighted by molar-refractivity contribution is 0.764. The zero-order valence-electron chi connectivity index (χ0n) is 7.63. The van der Waals surface area contributed by atoms with Gasteiger partial charge >= 0.3 is 0 Å². The second-order valence-corrected chi connectivity index (χ2v) is 3.76. The molecule has 0 radical (unpaired) electrons. The Balaban J connectivity index is 2.37. The molecule has 1 aromatic rings. The SMILES string of the molecule is CCCC1C=Nc2c(Cl)cccc21. The molecule has 0 fully saturated rings. The molecule has 0 N–H and O–H groups in total. The van der Waals surface area contributed by atoms with E-state index in [1.807, 2.05) is 18.3 Å². The Morgan fingerprint density at radius 2 is 2.31 bits per heavy atom. The molecule has 1 heterocycles. The number of para-hydroxylation sites is 1. The Labute approximate surface area is 83.4 Å². The first kappa shape index (κ1) is 8.76. The highest BCUT2D eigenvalue weighted by Crippen LogP contribution is 2.39. The molecule has 1 nitrogen and oxygen atoms in total. The average molecular weight is 194 g/mol. The second kappa shape index (κ2) is 3.51. The third kappa shape index (κ3) is 1.49. The van der Waals surface area contributed by atoms with E-state index in [-0.39, 0.29) is 0 Å². The van der Waals surface area contributed by atoms with Gasteiger partial charge in [-0.25, -0.2) is 0 Å². The highest BCUT2D eigenvalue weighted by molar-refractivity contribution is 6.33. The lowest BCUT2D eigenvalue weighted by atomic mass is 9.97. The molecule has 0 aliphatic carbocycles. The summed E-state index contributed by atoms with van der Waals surface area (Å²) in [6.45, 7) is 2.19. The van der Waals surface area contributed by atoms with E-state index in [1.165, 1.54) is 12.0 Å². The topological polar surface area (TPSA) is 12.4 Å². The molecule has 1 unspecified atom stereocenters. The predicted octanol–water partition coefficient (Wildman–Crippen LogP) is 3.94. The fraction of sp³-hybridized carbons (Fsp3) is 0.364. The molecule has 0 amide bonds. The van der Waals surface area contributed by atoms with Gasteiger partial charge < -0.3 is 0 Å². The Kier molecular flexibility index (Phi) is 2.36. The van der Waals surface area contributed by atoms with Crippen molar-refractivity contribution >= 4 is 23.5 Å². The van der Waals surface area contributed by atoms with E-state index in [0.29, 0.717) is 5.92 Å². The summed E-state index contributed by atoms with van der Waals surface area (Å²) < 4.78 is 0. The first-order valence-electron chi connectivity index (χ1n) is 4.65. The van der Waals surface area contributed by atoms with Gasteiger partial charge in [0.05, 0.1) is 10.7 Å². The van der Waals surface area contributed by atoms with Crippen molar-refractivity contribution < 1.29 is 0 Å².